The van der Waals surface area contributed by atoms with Gasteiger partial charge in [-0.05, 0) is 13.8 Å². The van der Waals surface area contributed by atoms with Crippen LogP contribution in [0, 0.1) is 11.3 Å². The van der Waals surface area contributed by atoms with Crippen LogP contribution < -0.4 is 28.5 Å². The summed E-state index contributed by atoms with van der Waals surface area (Å²) in [6.45, 7) is 3.07. The molecule has 1 rings (SSSR count). The van der Waals surface area contributed by atoms with Gasteiger partial charge in [-0.15, -0.1) is 4.57 Å². The van der Waals surface area contributed by atoms with E-state index in [4.69, 9.17) is 10.00 Å². The molecule has 0 spiro atoms. The average Bonchev–Trinajstić information content (AvgIpc) is 2.51. The first-order chi connectivity index (χ1) is 6.44. The largest absolute Gasteiger partial charge is 1.00 e. The monoisotopic (exact) mass is 321 g/mol. The van der Waals surface area contributed by atoms with Crippen LogP contribution in [0.2, 0.25) is 0 Å². The van der Waals surface area contributed by atoms with Gasteiger partial charge >= 0.3 is 6.09 Å². The zero-order valence-electron chi connectivity index (χ0n) is 8.77. The van der Waals surface area contributed by atoms with Crippen LogP contribution in [0.15, 0.2) is 18.7 Å². The fraction of sp³-hybridized carbons (Fsp3) is 0.444. The lowest BCUT2D eigenvalue weighted by Gasteiger charge is -2.13. The van der Waals surface area contributed by atoms with Gasteiger partial charge in [0.25, 0.3) is 6.33 Å². The SMILES string of the molecule is C[n+]1ccn(C(=O)OC(C)(C)C#N)c1.[I-]. The molecule has 0 aliphatic heterocycles. The lowest BCUT2D eigenvalue weighted by molar-refractivity contribution is -0.670. The zero-order chi connectivity index (χ0) is 10.8. The first-order valence-electron chi connectivity index (χ1n) is 4.12. The van der Waals surface area contributed by atoms with Crippen LogP contribution in [0.25, 0.3) is 0 Å². The Labute approximate surface area is 105 Å². The van der Waals surface area contributed by atoms with Crippen molar-refractivity contribution in [1.29, 1.82) is 5.26 Å². The van der Waals surface area contributed by atoms with E-state index in [1.165, 1.54) is 18.4 Å². The highest BCUT2D eigenvalue weighted by Crippen LogP contribution is 2.08. The Balaban J connectivity index is 0.00000196. The van der Waals surface area contributed by atoms with Gasteiger partial charge in [-0.1, -0.05) is 0 Å². The third kappa shape index (κ3) is 3.87. The van der Waals surface area contributed by atoms with Crippen molar-refractivity contribution < 1.29 is 38.1 Å². The smallest absolute Gasteiger partial charge is 0.513 e. The number of ether oxygens (including phenoxy) is 1. The molecule has 0 radical (unpaired) electrons. The van der Waals surface area contributed by atoms with Crippen molar-refractivity contribution in [3.8, 4) is 6.07 Å². The number of nitriles is 1. The maximum Gasteiger partial charge on any atom is 0.513 e. The Bertz CT molecular complexity index is 392. The van der Waals surface area contributed by atoms with E-state index in [-0.39, 0.29) is 24.0 Å². The Morgan fingerprint density at radius 1 is 1.60 bits per heavy atom. The predicted molar refractivity (Wildman–Crippen MR) is 47.2 cm³/mol. The molecule has 0 amide bonds. The molecule has 1 heterocycles. The highest BCUT2D eigenvalue weighted by Gasteiger charge is 2.25. The lowest BCUT2D eigenvalue weighted by Crippen LogP contribution is -3.00. The summed E-state index contributed by atoms with van der Waals surface area (Å²) in [5.74, 6) is 0. The minimum atomic E-state index is -1.10. The first-order valence-corrected chi connectivity index (χ1v) is 4.12. The summed E-state index contributed by atoms with van der Waals surface area (Å²) in [6.07, 6.45) is 4.28. The summed E-state index contributed by atoms with van der Waals surface area (Å²) in [5.41, 5.74) is -1.10. The van der Waals surface area contributed by atoms with Gasteiger partial charge in [-0.2, -0.15) is 10.1 Å². The first kappa shape index (κ1) is 13.9. The molecule has 0 saturated heterocycles. The highest BCUT2D eigenvalue weighted by atomic mass is 127. The number of aryl methyl sites for hydroxylation is 1. The van der Waals surface area contributed by atoms with Crippen LogP contribution in [0.3, 0.4) is 0 Å². The highest BCUT2D eigenvalue weighted by molar-refractivity contribution is 5.70. The Morgan fingerprint density at radius 3 is 2.60 bits per heavy atom. The second-order valence-corrected chi connectivity index (χ2v) is 3.48. The molecule has 82 valence electrons. The van der Waals surface area contributed by atoms with Crippen molar-refractivity contribution in [3.05, 3.63) is 18.7 Å². The summed E-state index contributed by atoms with van der Waals surface area (Å²) < 4.78 is 7.92. The van der Waals surface area contributed by atoms with Gasteiger partial charge in [0.2, 0.25) is 0 Å². The summed E-state index contributed by atoms with van der Waals surface area (Å²) in [6, 6.07) is 1.89. The predicted octanol–water partition coefficient (Wildman–Crippen LogP) is -2.40. The van der Waals surface area contributed by atoms with Gasteiger partial charge in [-0.25, -0.2) is 4.57 Å². The molecule has 0 aromatic carbocycles. The van der Waals surface area contributed by atoms with Crippen LogP contribution in [0.1, 0.15) is 13.8 Å². The number of rotatable bonds is 1. The number of nitrogens with zero attached hydrogens (tertiary/aromatic N) is 3. The molecule has 1 aromatic heterocycles. The van der Waals surface area contributed by atoms with E-state index in [9.17, 15) is 4.79 Å². The standard InChI is InChI=1S/C9H12N3O2.HI/c1-9(2,6-10)14-8(13)12-5-4-11(3)7-12;/h4-5,7H,1-3H3;1H/q+1;/p-1. The second-order valence-electron chi connectivity index (χ2n) is 3.48. The van der Waals surface area contributed by atoms with E-state index >= 15 is 0 Å². The molecule has 5 nitrogen and oxygen atoms in total. The molecule has 1 aromatic rings. The van der Waals surface area contributed by atoms with Crippen LogP contribution >= 0.6 is 0 Å². The fourth-order valence-electron chi connectivity index (χ4n) is 0.852. The molecule has 0 bridgehead atoms. The average molecular weight is 321 g/mol. The zero-order valence-corrected chi connectivity index (χ0v) is 10.9. The topological polar surface area (TPSA) is 58.9 Å². The van der Waals surface area contributed by atoms with E-state index in [0.717, 1.165) is 0 Å². The van der Waals surface area contributed by atoms with Gasteiger partial charge in [0, 0.05) is 0 Å². The van der Waals surface area contributed by atoms with E-state index in [1.807, 2.05) is 6.07 Å². The number of imidazole rings is 1. The van der Waals surface area contributed by atoms with E-state index in [2.05, 4.69) is 0 Å². The van der Waals surface area contributed by atoms with E-state index < -0.39 is 11.7 Å². The summed E-state index contributed by atoms with van der Waals surface area (Å²) >= 11 is 0. The van der Waals surface area contributed by atoms with Crippen molar-refractivity contribution in [1.82, 2.24) is 4.57 Å². The molecule has 0 aliphatic carbocycles. The quantitative estimate of drug-likeness (QED) is 0.428. The van der Waals surface area contributed by atoms with Crippen LogP contribution in [-0.2, 0) is 11.8 Å². The molecule has 0 fully saturated rings. The second kappa shape index (κ2) is 5.11. The number of hydrogen-bond acceptors (Lipinski definition) is 3. The van der Waals surface area contributed by atoms with Crippen molar-refractivity contribution in [2.45, 2.75) is 19.4 Å². The molecule has 0 N–H and O–H groups in total. The van der Waals surface area contributed by atoms with Crippen LogP contribution in [0.5, 0.6) is 0 Å². The minimum Gasteiger partial charge on any atom is -1.00 e. The summed E-state index contributed by atoms with van der Waals surface area (Å²) in [5, 5.41) is 8.65. The van der Waals surface area contributed by atoms with Crippen molar-refractivity contribution >= 4 is 6.09 Å². The van der Waals surface area contributed by atoms with Gasteiger partial charge in [0.15, 0.2) is 5.60 Å². The number of hydrogen-bond donors (Lipinski definition) is 0. The number of halogens is 1. The van der Waals surface area contributed by atoms with E-state index in [0.29, 0.717) is 0 Å². The number of aromatic nitrogens is 2. The summed E-state index contributed by atoms with van der Waals surface area (Å²) in [4.78, 5) is 11.4. The van der Waals surface area contributed by atoms with Gasteiger partial charge in [-0.3, -0.25) is 0 Å². The third-order valence-electron chi connectivity index (χ3n) is 1.59. The lowest BCUT2D eigenvalue weighted by atomic mass is 10.2. The molecule has 0 aliphatic rings. The number of carbonyl (C=O) groups is 1. The Hall–Kier alpha value is -1.10. The van der Waals surface area contributed by atoms with Gasteiger partial charge in [0.1, 0.15) is 18.5 Å². The van der Waals surface area contributed by atoms with Gasteiger partial charge in [0.05, 0.1) is 7.05 Å². The fourth-order valence-corrected chi connectivity index (χ4v) is 0.852. The van der Waals surface area contributed by atoms with Crippen LogP contribution in [0.4, 0.5) is 4.79 Å². The molecule has 0 saturated carbocycles. The van der Waals surface area contributed by atoms with Crippen molar-refractivity contribution in [3.63, 3.8) is 0 Å². The summed E-state index contributed by atoms with van der Waals surface area (Å²) in [7, 11) is 1.79. The normalized spacial score (nSPS) is 10.0. The maximum atomic E-state index is 11.4. The van der Waals surface area contributed by atoms with Gasteiger partial charge < -0.3 is 28.7 Å². The molecule has 6 heteroatoms. The van der Waals surface area contributed by atoms with Crippen molar-refractivity contribution in [2.24, 2.45) is 7.05 Å². The third-order valence-corrected chi connectivity index (χ3v) is 1.59. The molecule has 15 heavy (non-hydrogen) atoms. The molecule has 0 unspecified atom stereocenters. The molecular formula is C9H12IN3O2. The Morgan fingerprint density at radius 2 is 2.20 bits per heavy atom. The van der Waals surface area contributed by atoms with Crippen molar-refractivity contribution in [2.75, 3.05) is 0 Å². The Kier molecular flexibility index (Phi) is 4.74. The maximum absolute atomic E-state index is 11.4. The van der Waals surface area contributed by atoms with Crippen LogP contribution in [-0.4, -0.2) is 16.3 Å². The van der Waals surface area contributed by atoms with E-state index in [1.54, 1.807) is 30.3 Å². The minimum absolute atomic E-state index is 0. The molecule has 0 atom stereocenters. The molecular weight excluding hydrogens is 309 g/mol. The number of carbonyl (C=O) groups excluding carboxylic acids is 1.